The Labute approximate surface area is 153 Å². The van der Waals surface area contributed by atoms with E-state index in [2.05, 4.69) is 19.6 Å². The molecule has 9 heteroatoms. The number of pyridine rings is 1. The summed E-state index contributed by atoms with van der Waals surface area (Å²) >= 11 is 0. The van der Waals surface area contributed by atoms with Crippen molar-refractivity contribution in [1.82, 2.24) is 19.3 Å². The van der Waals surface area contributed by atoms with Gasteiger partial charge in [-0.15, -0.1) is 10.2 Å². The molecule has 0 bridgehead atoms. The number of rotatable bonds is 7. The van der Waals surface area contributed by atoms with Crippen LogP contribution in [-0.2, 0) is 10.2 Å². The van der Waals surface area contributed by atoms with E-state index >= 15 is 0 Å². The molecule has 8 nitrogen and oxygen atoms in total. The zero-order chi connectivity index (χ0) is 18.1. The highest BCUT2D eigenvalue weighted by atomic mass is 32.2. The molecule has 2 aromatic heterocycles. The van der Waals surface area contributed by atoms with Crippen LogP contribution in [0.3, 0.4) is 0 Å². The lowest BCUT2D eigenvalue weighted by Crippen LogP contribution is -2.27. The Morgan fingerprint density at radius 1 is 1.19 bits per heavy atom. The first-order valence-corrected chi connectivity index (χ1v) is 10.8. The van der Waals surface area contributed by atoms with Gasteiger partial charge in [0.2, 0.25) is 5.95 Å². The first-order valence-electron chi connectivity index (χ1n) is 9.28. The minimum Gasteiger partial charge on any atom is -0.493 e. The fourth-order valence-electron chi connectivity index (χ4n) is 3.56. The van der Waals surface area contributed by atoms with Crippen molar-refractivity contribution in [3.05, 3.63) is 17.8 Å². The van der Waals surface area contributed by atoms with Gasteiger partial charge in [0.15, 0.2) is 5.65 Å². The second-order valence-electron chi connectivity index (χ2n) is 7.24. The highest BCUT2D eigenvalue weighted by Crippen LogP contribution is 2.45. The quantitative estimate of drug-likeness (QED) is 0.770. The van der Waals surface area contributed by atoms with E-state index in [1.54, 1.807) is 4.40 Å². The normalized spacial score (nSPS) is 19.0. The van der Waals surface area contributed by atoms with Gasteiger partial charge in [0.05, 0.1) is 6.61 Å². The van der Waals surface area contributed by atoms with Crippen LogP contribution in [0.25, 0.3) is 5.65 Å². The monoisotopic (exact) mass is 379 g/mol. The number of nitrogens with zero attached hydrogens (tertiary/aromatic N) is 3. The Morgan fingerprint density at radius 3 is 2.65 bits per heavy atom. The molecule has 2 N–H and O–H groups in total. The molecule has 0 atom stereocenters. The molecule has 2 fully saturated rings. The van der Waals surface area contributed by atoms with Gasteiger partial charge < -0.3 is 4.74 Å². The molecule has 4 rings (SSSR count). The molecule has 142 valence electrons. The minimum atomic E-state index is -3.64. The summed E-state index contributed by atoms with van der Waals surface area (Å²) in [5.74, 6) is 2.14. The molecule has 2 aliphatic rings. The molecule has 0 spiro atoms. The van der Waals surface area contributed by atoms with Crippen molar-refractivity contribution in [2.24, 2.45) is 5.92 Å². The van der Waals surface area contributed by atoms with Gasteiger partial charge in [-0.05, 0) is 37.5 Å². The number of hydrogen-bond acceptors (Lipinski definition) is 5. The second-order valence-corrected chi connectivity index (χ2v) is 8.86. The third kappa shape index (κ3) is 3.78. The van der Waals surface area contributed by atoms with Gasteiger partial charge in [-0.3, -0.25) is 4.40 Å². The van der Waals surface area contributed by atoms with E-state index in [1.807, 2.05) is 12.3 Å². The molecule has 2 saturated carbocycles. The summed E-state index contributed by atoms with van der Waals surface area (Å²) in [5.41, 5.74) is 1.68. The minimum absolute atomic E-state index is 0.176. The SMILES string of the molecule is CNS(=O)(=O)Nc1nnc2cc(OCC3CCCCC3)c(C3CC3)cn12. The van der Waals surface area contributed by atoms with Crippen LogP contribution in [0.4, 0.5) is 5.95 Å². The molecule has 2 heterocycles. The van der Waals surface area contributed by atoms with E-state index in [0.29, 0.717) is 17.5 Å². The lowest BCUT2D eigenvalue weighted by Gasteiger charge is -2.22. The zero-order valence-corrected chi connectivity index (χ0v) is 15.8. The Hall–Kier alpha value is -1.87. The average Bonchev–Trinajstić information content (AvgIpc) is 3.43. The summed E-state index contributed by atoms with van der Waals surface area (Å²) in [4.78, 5) is 0. The molecular weight excluding hydrogens is 354 g/mol. The fourth-order valence-corrected chi connectivity index (χ4v) is 4.04. The highest BCUT2D eigenvalue weighted by molar-refractivity contribution is 7.90. The summed E-state index contributed by atoms with van der Waals surface area (Å²) < 4.78 is 36.0. The van der Waals surface area contributed by atoms with Gasteiger partial charge in [-0.25, -0.2) is 9.44 Å². The number of anilines is 1. The predicted molar refractivity (Wildman–Crippen MR) is 98.6 cm³/mol. The Bertz CT molecular complexity index is 885. The van der Waals surface area contributed by atoms with Crippen molar-refractivity contribution in [1.29, 1.82) is 0 Å². The predicted octanol–water partition coefficient (Wildman–Crippen LogP) is 2.44. The van der Waals surface area contributed by atoms with Crippen molar-refractivity contribution in [3.63, 3.8) is 0 Å². The lowest BCUT2D eigenvalue weighted by atomic mass is 9.90. The van der Waals surface area contributed by atoms with E-state index in [9.17, 15) is 8.42 Å². The maximum Gasteiger partial charge on any atom is 0.301 e. The van der Waals surface area contributed by atoms with Crippen LogP contribution in [0.15, 0.2) is 12.3 Å². The molecule has 0 aliphatic heterocycles. The van der Waals surface area contributed by atoms with Crippen molar-refractivity contribution in [2.45, 2.75) is 50.9 Å². The van der Waals surface area contributed by atoms with Crippen LogP contribution in [0.2, 0.25) is 0 Å². The van der Waals surface area contributed by atoms with E-state index in [0.717, 1.165) is 30.8 Å². The fraction of sp³-hybridized carbons (Fsp3) is 0.647. The summed E-state index contributed by atoms with van der Waals surface area (Å²) in [6.45, 7) is 0.739. The van der Waals surface area contributed by atoms with E-state index in [1.165, 1.54) is 39.2 Å². The summed E-state index contributed by atoms with van der Waals surface area (Å²) in [6.07, 6.45) is 10.6. The van der Waals surface area contributed by atoms with Crippen molar-refractivity contribution in [3.8, 4) is 5.75 Å². The third-order valence-corrected chi connectivity index (χ3v) is 6.23. The van der Waals surface area contributed by atoms with Crippen molar-refractivity contribution >= 4 is 21.8 Å². The number of hydrogen-bond donors (Lipinski definition) is 2. The van der Waals surface area contributed by atoms with E-state index in [-0.39, 0.29) is 5.95 Å². The molecule has 2 aliphatic carbocycles. The Kier molecular flexibility index (Phi) is 4.74. The highest BCUT2D eigenvalue weighted by Gasteiger charge is 2.29. The average molecular weight is 379 g/mol. The number of aromatic nitrogens is 3. The van der Waals surface area contributed by atoms with E-state index in [4.69, 9.17) is 4.74 Å². The summed E-state index contributed by atoms with van der Waals surface area (Å²) in [7, 11) is -2.30. The van der Waals surface area contributed by atoms with Gasteiger partial charge in [-0.2, -0.15) is 8.42 Å². The molecule has 0 amide bonds. The molecule has 0 aromatic carbocycles. The van der Waals surface area contributed by atoms with E-state index < -0.39 is 10.2 Å². The van der Waals surface area contributed by atoms with Crippen LogP contribution in [0, 0.1) is 5.92 Å². The zero-order valence-electron chi connectivity index (χ0n) is 14.9. The maximum absolute atomic E-state index is 11.8. The number of fused-ring (bicyclic) bond motifs is 1. The Balaban J connectivity index is 1.60. The largest absolute Gasteiger partial charge is 0.493 e. The topological polar surface area (TPSA) is 97.6 Å². The molecular formula is C17H25N5O3S. The third-order valence-electron chi connectivity index (χ3n) is 5.25. The van der Waals surface area contributed by atoms with Crippen LogP contribution >= 0.6 is 0 Å². The standard InChI is InChI=1S/C17H25N5O3S/c1-18-26(23,24)21-17-20-19-16-9-15(14(10-22(16)17)13-7-8-13)25-11-12-5-3-2-4-6-12/h9-10,12-13,18H,2-8,11H2,1H3,(H,20,21). The van der Waals surface area contributed by atoms with Crippen molar-refractivity contribution in [2.75, 3.05) is 18.4 Å². The Morgan fingerprint density at radius 2 is 1.96 bits per heavy atom. The summed E-state index contributed by atoms with van der Waals surface area (Å²) in [6, 6.07) is 1.88. The van der Waals surface area contributed by atoms with Crippen molar-refractivity contribution < 1.29 is 13.2 Å². The molecule has 0 radical (unpaired) electrons. The molecule has 0 unspecified atom stereocenters. The van der Waals surface area contributed by atoms with Gasteiger partial charge in [0.25, 0.3) is 0 Å². The lowest BCUT2D eigenvalue weighted by molar-refractivity contribution is 0.207. The summed E-state index contributed by atoms with van der Waals surface area (Å²) in [5, 5.41) is 8.06. The molecule has 0 saturated heterocycles. The number of nitrogens with one attached hydrogen (secondary N) is 2. The van der Waals surface area contributed by atoms with Gasteiger partial charge in [0, 0.05) is 24.9 Å². The molecule has 26 heavy (non-hydrogen) atoms. The van der Waals surface area contributed by atoms with Crippen LogP contribution in [0.1, 0.15) is 56.4 Å². The van der Waals surface area contributed by atoms with Gasteiger partial charge >= 0.3 is 10.2 Å². The second kappa shape index (κ2) is 7.03. The van der Waals surface area contributed by atoms with Crippen LogP contribution in [-0.4, -0.2) is 36.7 Å². The van der Waals surface area contributed by atoms with Crippen LogP contribution < -0.4 is 14.2 Å². The molecule has 2 aromatic rings. The maximum atomic E-state index is 11.8. The number of ether oxygens (including phenoxy) is 1. The smallest absolute Gasteiger partial charge is 0.301 e. The van der Waals surface area contributed by atoms with Crippen LogP contribution in [0.5, 0.6) is 5.75 Å². The van der Waals surface area contributed by atoms with Gasteiger partial charge in [0.1, 0.15) is 5.75 Å². The van der Waals surface area contributed by atoms with Gasteiger partial charge in [-0.1, -0.05) is 19.3 Å². The first kappa shape index (κ1) is 17.5. The first-order chi connectivity index (χ1) is 12.6.